The highest BCUT2D eigenvalue weighted by Gasteiger charge is 2.76. The molecule has 1 unspecified atom stereocenters. The normalized spacial score (nSPS) is 28.0. The highest BCUT2D eigenvalue weighted by molar-refractivity contribution is 5.31. The predicted octanol–water partition coefficient (Wildman–Crippen LogP) is 2.27. The van der Waals surface area contributed by atoms with Gasteiger partial charge >= 0.3 is 0 Å². The summed E-state index contributed by atoms with van der Waals surface area (Å²) in [5.41, 5.74) is -4.89. The number of hydrogen-bond acceptors (Lipinski definition) is 4. The molecule has 1 N–H and O–H groups in total. The molecule has 0 saturated heterocycles. The minimum Gasteiger partial charge on any atom is -0.377 e. The standard InChI is InChI=1S/C15H14F4N4O/c16-10-1-2-11(12(17)3-10)14(24,7-23-8-20-21-22-23)15(18,19)13-4-9(5-13)6-13/h1-3,8-9,24H,4-7H2. The van der Waals surface area contributed by atoms with Crippen LogP contribution >= 0.6 is 0 Å². The topological polar surface area (TPSA) is 63.8 Å². The van der Waals surface area contributed by atoms with Crippen molar-refractivity contribution in [1.82, 2.24) is 20.2 Å². The quantitative estimate of drug-likeness (QED) is 0.847. The van der Waals surface area contributed by atoms with Gasteiger partial charge in [-0.3, -0.25) is 0 Å². The number of aromatic nitrogens is 4. The molecular formula is C15H14F4N4O. The molecule has 3 aliphatic carbocycles. The van der Waals surface area contributed by atoms with Crippen LogP contribution in [0.1, 0.15) is 24.8 Å². The van der Waals surface area contributed by atoms with Gasteiger partial charge in [0.05, 0.1) is 6.54 Å². The van der Waals surface area contributed by atoms with Gasteiger partial charge in [-0.2, -0.15) is 0 Å². The van der Waals surface area contributed by atoms with Crippen LogP contribution in [0.15, 0.2) is 24.5 Å². The molecule has 3 aliphatic rings. The van der Waals surface area contributed by atoms with E-state index in [1.165, 1.54) is 0 Å². The Morgan fingerprint density at radius 2 is 1.96 bits per heavy atom. The Kier molecular flexibility index (Phi) is 3.07. The summed E-state index contributed by atoms with van der Waals surface area (Å²) in [6.45, 7) is -0.734. The molecule has 9 heteroatoms. The van der Waals surface area contributed by atoms with Crippen molar-refractivity contribution >= 4 is 0 Å². The van der Waals surface area contributed by atoms with Crippen molar-refractivity contribution < 1.29 is 22.7 Å². The van der Waals surface area contributed by atoms with E-state index in [-0.39, 0.29) is 5.92 Å². The Bertz CT molecular complexity index is 765. The van der Waals surface area contributed by atoms with Gasteiger partial charge in [-0.05, 0) is 47.7 Å². The summed E-state index contributed by atoms with van der Waals surface area (Å²) in [4.78, 5) is 0. The molecule has 2 bridgehead atoms. The van der Waals surface area contributed by atoms with E-state index in [4.69, 9.17) is 0 Å². The first kappa shape index (κ1) is 15.5. The van der Waals surface area contributed by atoms with Crippen LogP contribution in [0.5, 0.6) is 0 Å². The number of rotatable bonds is 5. The van der Waals surface area contributed by atoms with Crippen molar-refractivity contribution in [3.8, 4) is 0 Å². The molecule has 1 atom stereocenters. The van der Waals surface area contributed by atoms with Gasteiger partial charge in [0.2, 0.25) is 0 Å². The highest BCUT2D eigenvalue weighted by atomic mass is 19.3. The van der Waals surface area contributed by atoms with E-state index in [0.717, 1.165) is 23.1 Å². The molecular weight excluding hydrogens is 328 g/mol. The van der Waals surface area contributed by atoms with E-state index in [1.807, 2.05) is 0 Å². The summed E-state index contributed by atoms with van der Waals surface area (Å²) < 4.78 is 58.9. The maximum atomic E-state index is 15.3. The van der Waals surface area contributed by atoms with Crippen molar-refractivity contribution in [2.45, 2.75) is 37.3 Å². The largest absolute Gasteiger partial charge is 0.377 e. The average Bonchev–Trinajstić information content (AvgIpc) is 2.86. The highest BCUT2D eigenvalue weighted by Crippen LogP contribution is 2.73. The second-order valence-corrected chi connectivity index (χ2v) is 6.82. The number of aliphatic hydroxyl groups is 1. The van der Waals surface area contributed by atoms with E-state index in [9.17, 15) is 13.9 Å². The van der Waals surface area contributed by atoms with Gasteiger partial charge in [0, 0.05) is 17.0 Å². The van der Waals surface area contributed by atoms with Gasteiger partial charge in [-0.1, -0.05) is 0 Å². The second kappa shape index (κ2) is 4.75. The molecule has 3 fully saturated rings. The summed E-state index contributed by atoms with van der Waals surface area (Å²) in [7, 11) is 0. The molecule has 2 aromatic rings. The lowest BCUT2D eigenvalue weighted by molar-refractivity contribution is -0.337. The Labute approximate surface area is 134 Å². The molecule has 0 amide bonds. The SMILES string of the molecule is OC(Cn1cnnn1)(c1ccc(F)cc1F)C(F)(F)C12CC(C1)C2. The summed E-state index contributed by atoms with van der Waals surface area (Å²) in [6, 6.07) is 2.19. The van der Waals surface area contributed by atoms with Crippen molar-refractivity contribution in [3.63, 3.8) is 0 Å². The molecule has 1 aromatic heterocycles. The zero-order valence-electron chi connectivity index (χ0n) is 12.5. The maximum Gasteiger partial charge on any atom is 0.287 e. The predicted molar refractivity (Wildman–Crippen MR) is 72.8 cm³/mol. The van der Waals surface area contributed by atoms with Crippen LogP contribution in [0.25, 0.3) is 0 Å². The number of halogens is 4. The number of tetrazole rings is 1. The molecule has 24 heavy (non-hydrogen) atoms. The fourth-order valence-corrected chi connectivity index (χ4v) is 3.97. The first-order valence-corrected chi connectivity index (χ1v) is 7.54. The van der Waals surface area contributed by atoms with E-state index in [0.29, 0.717) is 25.3 Å². The molecule has 0 radical (unpaired) electrons. The van der Waals surface area contributed by atoms with E-state index < -0.39 is 40.7 Å². The minimum absolute atomic E-state index is 0.242. The summed E-state index contributed by atoms with van der Waals surface area (Å²) in [5, 5.41) is 21.1. The Morgan fingerprint density at radius 3 is 2.46 bits per heavy atom. The molecule has 5 nitrogen and oxygen atoms in total. The van der Waals surface area contributed by atoms with Crippen LogP contribution in [0.4, 0.5) is 17.6 Å². The third kappa shape index (κ3) is 1.87. The molecule has 0 aliphatic heterocycles. The van der Waals surface area contributed by atoms with Crippen molar-refractivity contribution in [2.24, 2.45) is 11.3 Å². The van der Waals surface area contributed by atoms with Crippen LogP contribution in [0.3, 0.4) is 0 Å². The van der Waals surface area contributed by atoms with Gasteiger partial charge in [-0.15, -0.1) is 5.10 Å². The fraction of sp³-hybridized carbons (Fsp3) is 0.533. The average molecular weight is 342 g/mol. The van der Waals surface area contributed by atoms with Gasteiger partial charge < -0.3 is 5.11 Å². The van der Waals surface area contributed by atoms with Crippen molar-refractivity contribution in [2.75, 3.05) is 0 Å². The van der Waals surface area contributed by atoms with Crippen LogP contribution in [-0.4, -0.2) is 31.2 Å². The lowest BCUT2D eigenvalue weighted by atomic mass is 9.40. The van der Waals surface area contributed by atoms with Crippen molar-refractivity contribution in [3.05, 3.63) is 41.7 Å². The van der Waals surface area contributed by atoms with Gasteiger partial charge in [0.15, 0.2) is 5.60 Å². The Balaban J connectivity index is 1.82. The van der Waals surface area contributed by atoms with Crippen LogP contribution < -0.4 is 0 Å². The molecule has 128 valence electrons. The minimum atomic E-state index is -3.61. The molecule has 5 rings (SSSR count). The fourth-order valence-electron chi connectivity index (χ4n) is 3.97. The maximum absolute atomic E-state index is 15.3. The zero-order chi connectivity index (χ0) is 17.2. The first-order chi connectivity index (χ1) is 11.3. The Hall–Kier alpha value is -2.03. The monoisotopic (exact) mass is 342 g/mol. The van der Waals surface area contributed by atoms with Gasteiger partial charge in [-0.25, -0.2) is 22.2 Å². The third-order valence-corrected chi connectivity index (χ3v) is 5.38. The van der Waals surface area contributed by atoms with Crippen LogP contribution in [-0.2, 0) is 12.1 Å². The van der Waals surface area contributed by atoms with E-state index >= 15 is 8.78 Å². The lowest BCUT2D eigenvalue weighted by Crippen LogP contribution is -2.69. The summed E-state index contributed by atoms with van der Waals surface area (Å²) in [6.07, 6.45) is 1.94. The number of hydrogen-bond donors (Lipinski definition) is 1. The Morgan fingerprint density at radius 1 is 1.25 bits per heavy atom. The molecule has 1 aromatic carbocycles. The van der Waals surface area contributed by atoms with Gasteiger partial charge in [0.25, 0.3) is 5.92 Å². The lowest BCUT2D eigenvalue weighted by Gasteiger charge is -2.66. The zero-order valence-corrected chi connectivity index (χ0v) is 12.5. The van der Waals surface area contributed by atoms with Gasteiger partial charge in [0.1, 0.15) is 18.0 Å². The first-order valence-electron chi connectivity index (χ1n) is 7.54. The second-order valence-electron chi connectivity index (χ2n) is 6.82. The molecule has 1 heterocycles. The smallest absolute Gasteiger partial charge is 0.287 e. The van der Waals surface area contributed by atoms with E-state index in [2.05, 4.69) is 15.5 Å². The summed E-state index contributed by atoms with van der Waals surface area (Å²) >= 11 is 0. The summed E-state index contributed by atoms with van der Waals surface area (Å²) in [5.74, 6) is -5.50. The van der Waals surface area contributed by atoms with Crippen molar-refractivity contribution in [1.29, 1.82) is 0 Å². The number of nitrogens with zero attached hydrogens (tertiary/aromatic N) is 4. The number of benzene rings is 1. The van der Waals surface area contributed by atoms with E-state index in [1.54, 1.807) is 0 Å². The molecule has 3 saturated carbocycles. The third-order valence-electron chi connectivity index (χ3n) is 5.38. The molecule has 0 spiro atoms. The van der Waals surface area contributed by atoms with Crippen LogP contribution in [0, 0.1) is 23.0 Å². The number of alkyl halides is 2. The van der Waals surface area contributed by atoms with Crippen LogP contribution in [0.2, 0.25) is 0 Å².